The van der Waals surface area contributed by atoms with Gasteiger partial charge in [-0.25, -0.2) is 13.6 Å². The van der Waals surface area contributed by atoms with Gasteiger partial charge in [0.25, 0.3) is 6.43 Å². The van der Waals surface area contributed by atoms with Gasteiger partial charge in [0.05, 0.1) is 0 Å². The van der Waals surface area contributed by atoms with Gasteiger partial charge in [-0.15, -0.1) is 0 Å². The molecule has 3 nitrogen and oxygen atoms in total. The number of carbonyl (C=O) groups is 1. The second-order valence-electron chi connectivity index (χ2n) is 5.28. The number of alkyl halides is 2. The second kappa shape index (κ2) is 4.85. The number of carboxylic acid groups (broad SMARTS) is 1. The van der Waals surface area contributed by atoms with Crippen LogP contribution in [0, 0.1) is 5.41 Å². The summed E-state index contributed by atoms with van der Waals surface area (Å²) in [7, 11) is 0. The molecule has 0 spiro atoms. The Labute approximate surface area is 99.4 Å². The van der Waals surface area contributed by atoms with Crippen LogP contribution in [0.3, 0.4) is 0 Å². The van der Waals surface area contributed by atoms with Gasteiger partial charge < -0.3 is 10.0 Å². The maximum absolute atomic E-state index is 12.7. The Morgan fingerprint density at radius 2 is 2.12 bits per heavy atom. The maximum atomic E-state index is 12.7. The first-order valence-electron chi connectivity index (χ1n) is 5.37. The lowest BCUT2D eigenvalue weighted by Gasteiger charge is -2.36. The zero-order valence-electron chi connectivity index (χ0n) is 10.2. The largest absolute Gasteiger partial charge is 0.479 e. The molecular weight excluding hydrogens is 228 g/mol. The molecule has 0 aromatic carbocycles. The standard InChI is InChI=1S/C12H17F2NO2/c1-12(2,3)7-15-6-4-5-8(10(13)14)9(15)11(16)17/h4-6,9-10H,7H2,1-3H3,(H,16,17). The monoisotopic (exact) mass is 245 g/mol. The normalized spacial score (nSPS) is 20.7. The molecule has 0 bridgehead atoms. The lowest BCUT2D eigenvalue weighted by molar-refractivity contribution is -0.141. The molecule has 0 fully saturated rings. The SMILES string of the molecule is CC(C)(C)CN1C=CC=C(C(F)F)C1C(=O)O. The Bertz CT molecular complexity index is 356. The molecule has 1 unspecified atom stereocenters. The van der Waals surface area contributed by atoms with E-state index in [1.165, 1.54) is 17.1 Å². The molecule has 1 N–H and O–H groups in total. The van der Waals surface area contributed by atoms with Crippen LogP contribution in [-0.4, -0.2) is 35.0 Å². The minimum atomic E-state index is -2.75. The minimum Gasteiger partial charge on any atom is -0.479 e. The van der Waals surface area contributed by atoms with Gasteiger partial charge in [-0.2, -0.15) is 0 Å². The van der Waals surface area contributed by atoms with Gasteiger partial charge in [-0.1, -0.05) is 26.8 Å². The lowest BCUT2D eigenvalue weighted by atomic mass is 9.93. The number of hydrogen-bond donors (Lipinski definition) is 1. The molecule has 0 saturated heterocycles. The molecule has 1 rings (SSSR count). The highest BCUT2D eigenvalue weighted by Crippen LogP contribution is 2.26. The summed E-state index contributed by atoms with van der Waals surface area (Å²) in [6.07, 6.45) is 1.45. The molecule has 1 aliphatic rings. The van der Waals surface area contributed by atoms with Crippen molar-refractivity contribution in [3.63, 3.8) is 0 Å². The lowest BCUT2D eigenvalue weighted by Crippen LogP contribution is -2.45. The first-order chi connectivity index (χ1) is 7.72. The van der Waals surface area contributed by atoms with E-state index in [1.807, 2.05) is 20.8 Å². The third-order valence-electron chi connectivity index (χ3n) is 2.36. The number of halogens is 2. The molecule has 1 aliphatic heterocycles. The van der Waals surface area contributed by atoms with Crippen molar-refractivity contribution in [2.24, 2.45) is 5.41 Å². The highest BCUT2D eigenvalue weighted by Gasteiger charge is 2.35. The van der Waals surface area contributed by atoms with Crippen molar-refractivity contribution in [3.05, 3.63) is 23.9 Å². The Kier molecular flexibility index (Phi) is 3.91. The van der Waals surface area contributed by atoms with Crippen LogP contribution < -0.4 is 0 Å². The predicted octanol–water partition coefficient (Wildman–Crippen LogP) is 2.51. The minimum absolute atomic E-state index is 0.164. The van der Waals surface area contributed by atoms with Gasteiger partial charge in [-0.05, 0) is 11.5 Å². The molecule has 1 atom stereocenters. The number of allylic oxidation sites excluding steroid dienone is 2. The second-order valence-corrected chi connectivity index (χ2v) is 5.28. The molecule has 96 valence electrons. The van der Waals surface area contributed by atoms with Crippen LogP contribution in [0.2, 0.25) is 0 Å². The summed E-state index contributed by atoms with van der Waals surface area (Å²) in [4.78, 5) is 12.6. The summed E-state index contributed by atoms with van der Waals surface area (Å²) >= 11 is 0. The van der Waals surface area contributed by atoms with E-state index >= 15 is 0 Å². The average Bonchev–Trinajstić information content (AvgIpc) is 2.14. The van der Waals surface area contributed by atoms with E-state index in [0.29, 0.717) is 6.54 Å². The number of rotatable bonds is 3. The Morgan fingerprint density at radius 1 is 1.53 bits per heavy atom. The highest BCUT2D eigenvalue weighted by atomic mass is 19.3. The van der Waals surface area contributed by atoms with Crippen molar-refractivity contribution < 1.29 is 18.7 Å². The summed E-state index contributed by atoms with van der Waals surface area (Å²) < 4.78 is 25.5. The fourth-order valence-corrected chi connectivity index (χ4v) is 1.80. The van der Waals surface area contributed by atoms with Gasteiger partial charge in [-0.3, -0.25) is 0 Å². The molecule has 0 radical (unpaired) electrons. The van der Waals surface area contributed by atoms with Crippen LogP contribution >= 0.6 is 0 Å². The van der Waals surface area contributed by atoms with E-state index in [-0.39, 0.29) is 11.0 Å². The van der Waals surface area contributed by atoms with Gasteiger partial charge >= 0.3 is 5.97 Å². The number of carboxylic acids is 1. The first kappa shape index (κ1) is 13.7. The van der Waals surface area contributed by atoms with Crippen molar-refractivity contribution in [1.29, 1.82) is 0 Å². The summed E-state index contributed by atoms with van der Waals surface area (Å²) in [6.45, 7) is 6.20. The van der Waals surface area contributed by atoms with Crippen LogP contribution in [0.25, 0.3) is 0 Å². The smallest absolute Gasteiger partial charge is 0.330 e. The number of aliphatic carboxylic acids is 1. The van der Waals surface area contributed by atoms with E-state index in [1.54, 1.807) is 6.20 Å². The van der Waals surface area contributed by atoms with Crippen LogP contribution in [-0.2, 0) is 4.79 Å². The fourth-order valence-electron chi connectivity index (χ4n) is 1.80. The Hall–Kier alpha value is -1.39. The molecule has 1 heterocycles. The van der Waals surface area contributed by atoms with Gasteiger partial charge in [0.15, 0.2) is 6.04 Å². The van der Waals surface area contributed by atoms with Gasteiger partial charge in [0.1, 0.15) is 0 Å². The van der Waals surface area contributed by atoms with Crippen molar-refractivity contribution in [2.45, 2.75) is 33.2 Å². The maximum Gasteiger partial charge on any atom is 0.330 e. The van der Waals surface area contributed by atoms with E-state index in [0.717, 1.165) is 0 Å². The van der Waals surface area contributed by atoms with Crippen molar-refractivity contribution >= 4 is 5.97 Å². The number of nitrogens with zero attached hydrogens (tertiary/aromatic N) is 1. The topological polar surface area (TPSA) is 40.5 Å². The molecule has 17 heavy (non-hydrogen) atoms. The third kappa shape index (κ3) is 3.54. The van der Waals surface area contributed by atoms with Crippen LogP contribution in [0.1, 0.15) is 20.8 Å². The van der Waals surface area contributed by atoms with Crippen LogP contribution in [0.15, 0.2) is 23.9 Å². The van der Waals surface area contributed by atoms with Crippen molar-refractivity contribution in [3.8, 4) is 0 Å². The third-order valence-corrected chi connectivity index (χ3v) is 2.36. The zero-order valence-corrected chi connectivity index (χ0v) is 10.2. The molecule has 0 amide bonds. The Balaban J connectivity index is 2.97. The quantitative estimate of drug-likeness (QED) is 0.830. The van der Waals surface area contributed by atoms with Crippen molar-refractivity contribution in [1.82, 2.24) is 4.90 Å². The molecule has 0 saturated carbocycles. The van der Waals surface area contributed by atoms with Gasteiger partial charge in [0, 0.05) is 18.3 Å². The van der Waals surface area contributed by atoms with Gasteiger partial charge in [0.2, 0.25) is 0 Å². The number of hydrogen-bond acceptors (Lipinski definition) is 2. The zero-order chi connectivity index (χ0) is 13.2. The van der Waals surface area contributed by atoms with Crippen LogP contribution in [0.4, 0.5) is 8.78 Å². The molecule has 0 aromatic rings. The predicted molar refractivity (Wildman–Crippen MR) is 60.8 cm³/mol. The molecule has 0 aliphatic carbocycles. The summed E-state index contributed by atoms with van der Waals surface area (Å²) in [5.74, 6) is -1.25. The first-order valence-corrected chi connectivity index (χ1v) is 5.37. The highest BCUT2D eigenvalue weighted by molar-refractivity contribution is 5.78. The molecule has 5 heteroatoms. The molecular formula is C12H17F2NO2. The molecule has 0 aromatic heterocycles. The van der Waals surface area contributed by atoms with E-state index in [2.05, 4.69) is 0 Å². The fraction of sp³-hybridized carbons (Fsp3) is 0.583. The Morgan fingerprint density at radius 3 is 2.53 bits per heavy atom. The van der Waals surface area contributed by atoms with E-state index < -0.39 is 18.4 Å². The van der Waals surface area contributed by atoms with Crippen LogP contribution in [0.5, 0.6) is 0 Å². The summed E-state index contributed by atoms with van der Waals surface area (Å²) in [5, 5.41) is 9.08. The van der Waals surface area contributed by atoms with E-state index in [9.17, 15) is 13.6 Å². The van der Waals surface area contributed by atoms with E-state index in [4.69, 9.17) is 5.11 Å². The van der Waals surface area contributed by atoms with Crippen molar-refractivity contribution in [2.75, 3.05) is 6.54 Å². The average molecular weight is 245 g/mol. The summed E-state index contributed by atoms with van der Waals surface area (Å²) in [5.41, 5.74) is -0.521. The summed E-state index contributed by atoms with van der Waals surface area (Å²) in [6, 6.07) is -1.26.